The molecular weight excluding hydrogens is 465 g/mol. The van der Waals surface area contributed by atoms with Crippen LogP contribution in [0.15, 0.2) is 47.5 Å². The standard InChI is InChI=1S/C20H17Cl2N3O5S/c21-11-1-3-15-13(7-11)17(24-16-4-2-12(22)8-14(16)20(26)27)9-18(25-15)31(28,29)19-10-30-6-5-23-19/h1-4,7-9,19,23H,5-6,10H2,(H,24,25)(H,26,27). The van der Waals surface area contributed by atoms with Gasteiger partial charge in [0.2, 0.25) is 9.84 Å². The maximum Gasteiger partial charge on any atom is 0.337 e. The third-order valence-corrected chi connectivity index (χ3v) is 7.10. The van der Waals surface area contributed by atoms with E-state index >= 15 is 0 Å². The first-order chi connectivity index (χ1) is 14.8. The lowest BCUT2D eigenvalue weighted by Crippen LogP contribution is -2.46. The number of halogens is 2. The third-order valence-electron chi connectivity index (χ3n) is 4.78. The molecule has 1 aromatic heterocycles. The zero-order valence-corrected chi connectivity index (χ0v) is 18.3. The van der Waals surface area contributed by atoms with E-state index in [0.29, 0.717) is 34.8 Å². The molecule has 0 saturated carbocycles. The van der Waals surface area contributed by atoms with Gasteiger partial charge >= 0.3 is 5.97 Å². The Balaban J connectivity index is 1.86. The lowest BCUT2D eigenvalue weighted by molar-refractivity contribution is 0.0698. The minimum absolute atomic E-state index is 0.00573. The lowest BCUT2D eigenvalue weighted by Gasteiger charge is -2.24. The van der Waals surface area contributed by atoms with Gasteiger partial charge in [-0.25, -0.2) is 18.2 Å². The molecule has 3 aromatic rings. The maximum absolute atomic E-state index is 13.2. The first kappa shape index (κ1) is 21.8. The Morgan fingerprint density at radius 1 is 1.13 bits per heavy atom. The molecule has 1 aliphatic rings. The van der Waals surface area contributed by atoms with E-state index in [0.717, 1.165) is 0 Å². The third kappa shape index (κ3) is 4.46. The molecule has 1 unspecified atom stereocenters. The van der Waals surface area contributed by atoms with Crippen molar-refractivity contribution in [3.8, 4) is 0 Å². The van der Waals surface area contributed by atoms with E-state index in [1.54, 1.807) is 18.2 Å². The summed E-state index contributed by atoms with van der Waals surface area (Å²) in [7, 11) is -3.87. The van der Waals surface area contributed by atoms with Crippen LogP contribution in [-0.2, 0) is 14.6 Å². The van der Waals surface area contributed by atoms with Gasteiger partial charge in [-0.1, -0.05) is 23.2 Å². The minimum Gasteiger partial charge on any atom is -0.478 e. The van der Waals surface area contributed by atoms with Crippen LogP contribution >= 0.6 is 23.2 Å². The molecule has 8 nitrogen and oxygen atoms in total. The molecule has 0 aliphatic carbocycles. The van der Waals surface area contributed by atoms with Crippen molar-refractivity contribution in [3.63, 3.8) is 0 Å². The summed E-state index contributed by atoms with van der Waals surface area (Å²) in [6.07, 6.45) is 0. The maximum atomic E-state index is 13.2. The predicted octanol–water partition coefficient (Wildman–Crippen LogP) is 3.70. The summed E-state index contributed by atoms with van der Waals surface area (Å²) in [6.45, 7) is 0.841. The number of hydrogen-bond donors (Lipinski definition) is 3. The van der Waals surface area contributed by atoms with E-state index in [-0.39, 0.29) is 27.9 Å². The van der Waals surface area contributed by atoms with Crippen molar-refractivity contribution in [3.05, 3.63) is 58.1 Å². The van der Waals surface area contributed by atoms with E-state index < -0.39 is 21.2 Å². The number of rotatable bonds is 5. The molecule has 0 amide bonds. The van der Waals surface area contributed by atoms with Crippen LogP contribution in [0.1, 0.15) is 10.4 Å². The summed E-state index contributed by atoms with van der Waals surface area (Å²) in [5.74, 6) is -1.18. The molecule has 31 heavy (non-hydrogen) atoms. The molecule has 2 aromatic carbocycles. The summed E-state index contributed by atoms with van der Waals surface area (Å²) in [6, 6.07) is 10.5. The van der Waals surface area contributed by atoms with Gasteiger partial charge in [0.15, 0.2) is 5.03 Å². The Morgan fingerprint density at radius 3 is 2.58 bits per heavy atom. The number of hydrogen-bond acceptors (Lipinski definition) is 7. The second-order valence-corrected chi connectivity index (χ2v) is 9.80. The molecular formula is C20H17Cl2N3O5S. The number of fused-ring (bicyclic) bond motifs is 1. The van der Waals surface area contributed by atoms with Crippen LogP contribution < -0.4 is 10.6 Å². The first-order valence-corrected chi connectivity index (χ1v) is 11.5. The van der Waals surface area contributed by atoms with E-state index in [1.165, 1.54) is 24.3 Å². The molecule has 0 bridgehead atoms. The number of carbonyl (C=O) groups is 1. The fourth-order valence-corrected chi connectivity index (χ4v) is 5.01. The smallest absolute Gasteiger partial charge is 0.337 e. The van der Waals surface area contributed by atoms with Crippen molar-refractivity contribution in [1.82, 2.24) is 10.3 Å². The number of anilines is 2. The molecule has 1 aliphatic heterocycles. The molecule has 3 N–H and O–H groups in total. The lowest BCUT2D eigenvalue weighted by atomic mass is 10.1. The van der Waals surface area contributed by atoms with Crippen LogP contribution in [0, 0.1) is 0 Å². The highest BCUT2D eigenvalue weighted by Gasteiger charge is 2.31. The highest BCUT2D eigenvalue weighted by molar-refractivity contribution is 7.92. The Labute approximate surface area is 188 Å². The number of morpholine rings is 1. The van der Waals surface area contributed by atoms with Gasteiger partial charge in [-0.15, -0.1) is 0 Å². The van der Waals surface area contributed by atoms with E-state index in [1.807, 2.05) is 0 Å². The highest BCUT2D eigenvalue weighted by Crippen LogP contribution is 2.33. The summed E-state index contributed by atoms with van der Waals surface area (Å²) in [5, 5.41) is 15.6. The van der Waals surface area contributed by atoms with Gasteiger partial charge in [-0.05, 0) is 42.5 Å². The van der Waals surface area contributed by atoms with Gasteiger partial charge < -0.3 is 15.2 Å². The summed E-state index contributed by atoms with van der Waals surface area (Å²) >= 11 is 12.1. The summed E-state index contributed by atoms with van der Waals surface area (Å²) in [4.78, 5) is 16.0. The number of nitrogens with one attached hydrogen (secondary N) is 2. The number of ether oxygens (including phenoxy) is 1. The van der Waals surface area contributed by atoms with Gasteiger partial charge in [0, 0.05) is 22.0 Å². The Morgan fingerprint density at radius 2 is 1.87 bits per heavy atom. The van der Waals surface area contributed by atoms with Crippen LogP contribution in [0.5, 0.6) is 0 Å². The quantitative estimate of drug-likeness (QED) is 0.504. The largest absolute Gasteiger partial charge is 0.478 e. The molecule has 1 fully saturated rings. The average Bonchev–Trinajstić information content (AvgIpc) is 2.75. The first-order valence-electron chi connectivity index (χ1n) is 9.21. The van der Waals surface area contributed by atoms with E-state index in [2.05, 4.69) is 15.6 Å². The molecule has 4 rings (SSSR count). The Bertz CT molecular complexity index is 1280. The van der Waals surface area contributed by atoms with Crippen molar-refractivity contribution in [2.45, 2.75) is 10.4 Å². The topological polar surface area (TPSA) is 118 Å². The fraction of sp³-hybridized carbons (Fsp3) is 0.200. The second kappa shape index (κ2) is 8.60. The SMILES string of the molecule is O=C(O)c1cc(Cl)ccc1Nc1cc(S(=O)(=O)C2COCCN2)nc2ccc(Cl)cc12. The van der Waals surface area contributed by atoms with Crippen molar-refractivity contribution >= 4 is 61.3 Å². The monoisotopic (exact) mass is 481 g/mol. The van der Waals surface area contributed by atoms with E-state index in [4.69, 9.17) is 27.9 Å². The van der Waals surface area contributed by atoms with Gasteiger partial charge in [-0.2, -0.15) is 0 Å². The normalized spacial score (nSPS) is 16.9. The Kier molecular flexibility index (Phi) is 6.05. The second-order valence-electron chi connectivity index (χ2n) is 6.85. The summed E-state index contributed by atoms with van der Waals surface area (Å²) < 4.78 is 31.6. The van der Waals surface area contributed by atoms with Crippen molar-refractivity contribution in [2.75, 3.05) is 25.1 Å². The average molecular weight is 482 g/mol. The molecule has 1 saturated heterocycles. The minimum atomic E-state index is -3.87. The molecule has 0 radical (unpaired) electrons. The molecule has 11 heteroatoms. The van der Waals surface area contributed by atoms with Crippen molar-refractivity contribution < 1.29 is 23.1 Å². The number of sulfone groups is 1. The number of carboxylic acid groups (broad SMARTS) is 1. The fourth-order valence-electron chi connectivity index (χ4n) is 3.26. The Hall–Kier alpha value is -2.43. The summed E-state index contributed by atoms with van der Waals surface area (Å²) in [5.41, 5.74) is 0.904. The van der Waals surface area contributed by atoms with Crippen LogP contribution in [0.3, 0.4) is 0 Å². The number of benzene rings is 2. The zero-order valence-electron chi connectivity index (χ0n) is 15.9. The highest BCUT2D eigenvalue weighted by atomic mass is 35.5. The zero-order chi connectivity index (χ0) is 22.2. The van der Waals surface area contributed by atoms with Gasteiger partial charge in [0.1, 0.15) is 5.37 Å². The van der Waals surface area contributed by atoms with Crippen LogP contribution in [-0.4, -0.2) is 49.6 Å². The number of pyridine rings is 1. The number of aromatic carboxylic acids is 1. The molecule has 162 valence electrons. The van der Waals surface area contributed by atoms with Gasteiger partial charge in [0.25, 0.3) is 0 Å². The predicted molar refractivity (Wildman–Crippen MR) is 118 cm³/mol. The number of nitrogens with zero attached hydrogens (tertiary/aromatic N) is 1. The number of aromatic nitrogens is 1. The van der Waals surface area contributed by atoms with Crippen LogP contribution in [0.2, 0.25) is 10.0 Å². The van der Waals surface area contributed by atoms with Gasteiger partial charge in [0.05, 0.1) is 35.7 Å². The van der Waals surface area contributed by atoms with Crippen LogP contribution in [0.25, 0.3) is 10.9 Å². The number of carboxylic acids is 1. The van der Waals surface area contributed by atoms with Crippen LogP contribution in [0.4, 0.5) is 11.4 Å². The van der Waals surface area contributed by atoms with Gasteiger partial charge in [-0.3, -0.25) is 5.32 Å². The molecule has 1 atom stereocenters. The molecule has 0 spiro atoms. The van der Waals surface area contributed by atoms with Crippen molar-refractivity contribution in [1.29, 1.82) is 0 Å². The molecule has 2 heterocycles. The van der Waals surface area contributed by atoms with E-state index in [9.17, 15) is 18.3 Å². The van der Waals surface area contributed by atoms with Crippen molar-refractivity contribution in [2.24, 2.45) is 0 Å².